The van der Waals surface area contributed by atoms with Crippen molar-refractivity contribution in [2.24, 2.45) is 7.05 Å². The van der Waals surface area contributed by atoms with Gasteiger partial charge in [0.1, 0.15) is 24.7 Å². The Kier molecular flexibility index (Phi) is 6.93. The average molecular weight is 513 g/mol. The van der Waals surface area contributed by atoms with Gasteiger partial charge in [-0.15, -0.1) is 0 Å². The van der Waals surface area contributed by atoms with E-state index >= 15 is 0 Å². The molecule has 1 atom stereocenters. The molecule has 2 amide bonds. The molecule has 8 nitrogen and oxygen atoms in total. The van der Waals surface area contributed by atoms with Gasteiger partial charge in [-0.25, -0.2) is 4.39 Å². The zero-order valence-electron chi connectivity index (χ0n) is 19.8. The van der Waals surface area contributed by atoms with Crippen molar-refractivity contribution in [3.05, 3.63) is 64.4 Å². The van der Waals surface area contributed by atoms with E-state index in [1.807, 2.05) is 0 Å². The van der Waals surface area contributed by atoms with Crippen LogP contribution in [0.4, 0.5) is 10.2 Å². The van der Waals surface area contributed by atoms with Crippen LogP contribution in [0.3, 0.4) is 0 Å². The summed E-state index contributed by atoms with van der Waals surface area (Å²) in [6.45, 7) is 0.933. The Morgan fingerprint density at radius 3 is 2.89 bits per heavy atom. The highest BCUT2D eigenvalue weighted by molar-refractivity contribution is 6.31. The molecular formula is C26H26ClFN4O4. The minimum atomic E-state index is -0.483. The van der Waals surface area contributed by atoms with Crippen LogP contribution in [0.25, 0.3) is 11.3 Å². The SMILES string of the molecule is Cn1nc(N(CC(=O)NCC2CCCO2)C(=O)Cc2ccccc2F)c2c1-c1cc(Cl)ccc1OC2. The Hall–Kier alpha value is -3.43. The van der Waals surface area contributed by atoms with Crippen molar-refractivity contribution in [1.29, 1.82) is 0 Å². The molecule has 10 heteroatoms. The summed E-state index contributed by atoms with van der Waals surface area (Å²) in [4.78, 5) is 27.7. The number of carbonyl (C=O) groups excluding carboxylic acids is 2. The molecule has 1 unspecified atom stereocenters. The van der Waals surface area contributed by atoms with E-state index in [-0.39, 0.29) is 37.1 Å². The predicted molar refractivity (Wildman–Crippen MR) is 132 cm³/mol. The molecule has 2 aliphatic heterocycles. The Morgan fingerprint density at radius 2 is 2.11 bits per heavy atom. The van der Waals surface area contributed by atoms with E-state index in [1.54, 1.807) is 48.1 Å². The lowest BCUT2D eigenvalue weighted by Gasteiger charge is -2.24. The summed E-state index contributed by atoms with van der Waals surface area (Å²) in [7, 11) is 1.76. The monoisotopic (exact) mass is 512 g/mol. The third-order valence-electron chi connectivity index (χ3n) is 6.40. The summed E-state index contributed by atoms with van der Waals surface area (Å²) in [5.74, 6) is -0.340. The first-order valence-electron chi connectivity index (χ1n) is 11.8. The molecule has 0 saturated carbocycles. The number of halogens is 2. The average Bonchev–Trinajstić information content (AvgIpc) is 3.50. The molecule has 3 heterocycles. The number of nitrogens with zero attached hydrogens (tertiary/aromatic N) is 3. The number of ether oxygens (including phenoxy) is 2. The van der Waals surface area contributed by atoms with Gasteiger partial charge in [0.25, 0.3) is 0 Å². The van der Waals surface area contributed by atoms with Crippen LogP contribution in [0.5, 0.6) is 5.75 Å². The first-order valence-corrected chi connectivity index (χ1v) is 12.2. The van der Waals surface area contributed by atoms with E-state index in [0.29, 0.717) is 35.3 Å². The van der Waals surface area contributed by atoms with E-state index in [4.69, 9.17) is 21.1 Å². The van der Waals surface area contributed by atoms with Crippen LogP contribution in [0.2, 0.25) is 5.02 Å². The van der Waals surface area contributed by atoms with Crippen molar-refractivity contribution >= 4 is 29.2 Å². The lowest BCUT2D eigenvalue weighted by atomic mass is 10.0. The molecule has 2 aromatic carbocycles. The molecule has 1 saturated heterocycles. The van der Waals surface area contributed by atoms with Gasteiger partial charge in [-0.2, -0.15) is 5.10 Å². The lowest BCUT2D eigenvalue weighted by Crippen LogP contribution is -2.44. The predicted octanol–water partition coefficient (Wildman–Crippen LogP) is 3.64. The lowest BCUT2D eigenvalue weighted by molar-refractivity contribution is -0.124. The number of rotatable bonds is 7. The molecule has 3 aromatic rings. The summed E-state index contributed by atoms with van der Waals surface area (Å²) in [6.07, 6.45) is 1.58. The highest BCUT2D eigenvalue weighted by Gasteiger charge is 2.32. The molecule has 0 spiro atoms. The molecule has 0 radical (unpaired) electrons. The van der Waals surface area contributed by atoms with Crippen LogP contribution in [0, 0.1) is 5.82 Å². The number of aryl methyl sites for hydroxylation is 1. The Morgan fingerprint density at radius 1 is 1.28 bits per heavy atom. The summed E-state index contributed by atoms with van der Waals surface area (Å²) in [5.41, 5.74) is 2.39. The van der Waals surface area contributed by atoms with Gasteiger partial charge in [-0.1, -0.05) is 29.8 Å². The van der Waals surface area contributed by atoms with Crippen LogP contribution >= 0.6 is 11.6 Å². The molecule has 188 valence electrons. The topological polar surface area (TPSA) is 85.7 Å². The Bertz CT molecular complexity index is 1310. The zero-order chi connectivity index (χ0) is 25.2. The second-order valence-electron chi connectivity index (χ2n) is 8.89. The van der Waals surface area contributed by atoms with E-state index in [2.05, 4.69) is 10.4 Å². The standard InChI is InChI=1S/C26H26ClFN4O4/c1-31-25-19-12-17(27)8-9-22(19)36-15-20(25)26(30-31)32(14-23(33)29-13-18-6-4-10-35-18)24(34)11-16-5-2-3-7-21(16)28/h2-3,5,7-9,12,18H,4,6,10-11,13-15H2,1H3,(H,29,33). The minimum Gasteiger partial charge on any atom is -0.488 e. The summed E-state index contributed by atoms with van der Waals surface area (Å²) in [5, 5.41) is 7.98. The molecule has 5 rings (SSSR count). The van der Waals surface area contributed by atoms with Gasteiger partial charge in [0.05, 0.1) is 23.8 Å². The fourth-order valence-electron chi connectivity index (χ4n) is 4.62. The van der Waals surface area contributed by atoms with Gasteiger partial charge in [-0.3, -0.25) is 19.2 Å². The quantitative estimate of drug-likeness (QED) is 0.522. The number of aromatic nitrogens is 2. The first-order chi connectivity index (χ1) is 17.4. The van der Waals surface area contributed by atoms with Crippen LogP contribution < -0.4 is 15.0 Å². The number of fused-ring (bicyclic) bond motifs is 3. The van der Waals surface area contributed by atoms with E-state index in [1.165, 1.54) is 11.0 Å². The van der Waals surface area contributed by atoms with Gasteiger partial charge in [0, 0.05) is 30.8 Å². The van der Waals surface area contributed by atoms with Gasteiger partial charge in [0.15, 0.2) is 5.82 Å². The Labute approximate surface area is 212 Å². The van der Waals surface area contributed by atoms with Crippen molar-refractivity contribution in [3.63, 3.8) is 0 Å². The molecule has 0 bridgehead atoms. The van der Waals surface area contributed by atoms with Crippen LogP contribution in [-0.4, -0.2) is 47.4 Å². The fraction of sp³-hybridized carbons (Fsp3) is 0.346. The number of anilines is 1. The number of nitrogens with one attached hydrogen (secondary N) is 1. The summed E-state index contributed by atoms with van der Waals surface area (Å²) < 4.78 is 27.5. The largest absolute Gasteiger partial charge is 0.488 e. The second kappa shape index (κ2) is 10.3. The normalized spacial score (nSPS) is 16.1. The Balaban J connectivity index is 1.46. The molecule has 2 aliphatic rings. The second-order valence-corrected chi connectivity index (χ2v) is 9.33. The van der Waals surface area contributed by atoms with Crippen LogP contribution in [0.1, 0.15) is 24.0 Å². The zero-order valence-corrected chi connectivity index (χ0v) is 20.6. The molecule has 1 N–H and O–H groups in total. The maximum absolute atomic E-state index is 14.3. The number of carbonyl (C=O) groups is 2. The van der Waals surface area contributed by atoms with Crippen LogP contribution in [0.15, 0.2) is 42.5 Å². The number of amides is 2. The molecule has 1 aromatic heterocycles. The highest BCUT2D eigenvalue weighted by atomic mass is 35.5. The third-order valence-corrected chi connectivity index (χ3v) is 6.64. The third kappa shape index (κ3) is 4.94. The summed E-state index contributed by atoms with van der Waals surface area (Å²) >= 11 is 6.23. The van der Waals surface area contributed by atoms with Gasteiger partial charge >= 0.3 is 0 Å². The molecular weight excluding hydrogens is 487 g/mol. The van der Waals surface area contributed by atoms with Gasteiger partial charge in [0.2, 0.25) is 11.8 Å². The maximum Gasteiger partial charge on any atom is 0.240 e. The van der Waals surface area contributed by atoms with Crippen molar-refractivity contribution in [2.75, 3.05) is 24.6 Å². The smallest absolute Gasteiger partial charge is 0.240 e. The molecule has 0 aliphatic carbocycles. The highest BCUT2D eigenvalue weighted by Crippen LogP contribution is 2.42. The minimum absolute atomic E-state index is 0.0335. The first kappa shape index (κ1) is 24.3. The van der Waals surface area contributed by atoms with Crippen LogP contribution in [-0.2, 0) is 34.4 Å². The van der Waals surface area contributed by atoms with E-state index in [0.717, 1.165) is 24.1 Å². The number of benzene rings is 2. The van der Waals surface area contributed by atoms with Gasteiger partial charge < -0.3 is 14.8 Å². The summed E-state index contributed by atoms with van der Waals surface area (Å²) in [6, 6.07) is 11.4. The number of hydrogen-bond acceptors (Lipinski definition) is 5. The molecule has 36 heavy (non-hydrogen) atoms. The van der Waals surface area contributed by atoms with Gasteiger partial charge in [-0.05, 0) is 42.7 Å². The van der Waals surface area contributed by atoms with Crippen molar-refractivity contribution in [2.45, 2.75) is 32.0 Å². The maximum atomic E-state index is 14.3. The molecule has 1 fully saturated rings. The van der Waals surface area contributed by atoms with E-state index in [9.17, 15) is 14.0 Å². The van der Waals surface area contributed by atoms with Crippen molar-refractivity contribution in [1.82, 2.24) is 15.1 Å². The number of hydrogen-bond donors (Lipinski definition) is 1. The van der Waals surface area contributed by atoms with Crippen molar-refractivity contribution < 1.29 is 23.5 Å². The van der Waals surface area contributed by atoms with E-state index < -0.39 is 11.7 Å². The van der Waals surface area contributed by atoms with Crippen molar-refractivity contribution in [3.8, 4) is 17.0 Å². The fourth-order valence-corrected chi connectivity index (χ4v) is 4.79.